The largest absolute Gasteiger partial charge is 0.504 e. The van der Waals surface area contributed by atoms with Crippen molar-refractivity contribution in [3.63, 3.8) is 0 Å². The van der Waals surface area contributed by atoms with Crippen molar-refractivity contribution in [2.24, 2.45) is 5.73 Å². The van der Waals surface area contributed by atoms with Crippen LogP contribution in [-0.2, 0) is 0 Å². The fraction of sp³-hybridized carbons (Fsp3) is 0.333. The van der Waals surface area contributed by atoms with Crippen LogP contribution in [0, 0.1) is 0 Å². The zero-order valence-corrected chi connectivity index (χ0v) is 10.4. The smallest absolute Gasteiger partial charge is 0.162 e. The lowest BCUT2D eigenvalue weighted by molar-refractivity contribution is 0.362. The third-order valence-corrected chi connectivity index (χ3v) is 2.31. The van der Waals surface area contributed by atoms with E-state index >= 15 is 0 Å². The first kappa shape index (κ1) is 14.5. The predicted octanol–water partition coefficient (Wildman–Crippen LogP) is 2.55. The van der Waals surface area contributed by atoms with Crippen LogP contribution in [0.1, 0.15) is 11.6 Å². The Morgan fingerprint density at radius 2 is 2.20 bits per heavy atom. The van der Waals surface area contributed by atoms with Crippen molar-refractivity contribution in [1.82, 2.24) is 0 Å². The van der Waals surface area contributed by atoms with E-state index in [9.17, 15) is 9.50 Å². The minimum Gasteiger partial charge on any atom is -0.504 e. The number of rotatable bonds is 3. The number of phenols is 1. The van der Waals surface area contributed by atoms with E-state index in [4.69, 9.17) is 10.5 Å². The summed E-state index contributed by atoms with van der Waals surface area (Å²) in [6, 6.07) is 2.33. The molecule has 0 aliphatic carbocycles. The van der Waals surface area contributed by atoms with Crippen LogP contribution in [0.15, 0.2) is 16.6 Å². The van der Waals surface area contributed by atoms with Gasteiger partial charge in [-0.2, -0.15) is 0 Å². The minimum atomic E-state index is -0.832. The number of nitrogens with two attached hydrogens (primary N) is 1. The molecule has 3 nitrogen and oxygen atoms in total. The Balaban J connectivity index is 0.00000196. The van der Waals surface area contributed by atoms with E-state index in [0.717, 1.165) is 0 Å². The van der Waals surface area contributed by atoms with E-state index in [0.29, 0.717) is 10.0 Å². The second kappa shape index (κ2) is 6.15. The Morgan fingerprint density at radius 3 is 2.67 bits per heavy atom. The van der Waals surface area contributed by atoms with Gasteiger partial charge in [-0.05, 0) is 12.1 Å². The number of hydrogen-bond acceptors (Lipinski definition) is 3. The van der Waals surface area contributed by atoms with E-state index in [1.54, 1.807) is 12.1 Å². The third-order valence-electron chi connectivity index (χ3n) is 1.85. The van der Waals surface area contributed by atoms with Crippen LogP contribution in [0.4, 0.5) is 4.39 Å². The molecule has 15 heavy (non-hydrogen) atoms. The van der Waals surface area contributed by atoms with Crippen LogP contribution in [0.3, 0.4) is 0 Å². The summed E-state index contributed by atoms with van der Waals surface area (Å²) in [5.74, 6) is 0.166. The molecule has 6 heteroatoms. The van der Waals surface area contributed by atoms with Gasteiger partial charge in [0.15, 0.2) is 11.5 Å². The van der Waals surface area contributed by atoms with Crippen LogP contribution >= 0.6 is 28.3 Å². The van der Waals surface area contributed by atoms with E-state index in [1.807, 2.05) is 0 Å². The van der Waals surface area contributed by atoms with E-state index in [2.05, 4.69) is 15.9 Å². The Bertz CT molecular complexity index is 338. The average Bonchev–Trinajstić information content (AvgIpc) is 2.19. The first-order chi connectivity index (χ1) is 6.60. The summed E-state index contributed by atoms with van der Waals surface area (Å²) in [5, 5.41) is 9.62. The molecule has 1 rings (SSSR count). The Labute approximate surface area is 102 Å². The van der Waals surface area contributed by atoms with Gasteiger partial charge in [-0.15, -0.1) is 12.4 Å². The molecule has 0 fully saturated rings. The highest BCUT2D eigenvalue weighted by atomic mass is 79.9. The number of methoxy groups -OCH3 is 1. The zero-order chi connectivity index (χ0) is 10.7. The summed E-state index contributed by atoms with van der Waals surface area (Å²) < 4.78 is 17.9. The number of halogens is 3. The quantitative estimate of drug-likeness (QED) is 0.902. The van der Waals surface area contributed by atoms with Crippen molar-refractivity contribution in [1.29, 1.82) is 0 Å². The number of hydrogen-bond donors (Lipinski definition) is 2. The fourth-order valence-electron chi connectivity index (χ4n) is 1.12. The molecule has 0 amide bonds. The topological polar surface area (TPSA) is 55.5 Å². The first-order valence-corrected chi connectivity index (χ1v) is 4.77. The molecule has 0 saturated carbocycles. The second-order valence-corrected chi connectivity index (χ2v) is 3.72. The van der Waals surface area contributed by atoms with Gasteiger partial charge < -0.3 is 15.6 Å². The number of phenolic OH excluding ortho intramolecular Hbond substituents is 1. The maximum atomic E-state index is 12.3. The highest BCUT2D eigenvalue weighted by Gasteiger charge is 2.15. The second-order valence-electron chi connectivity index (χ2n) is 2.81. The van der Waals surface area contributed by atoms with Gasteiger partial charge in [0.2, 0.25) is 0 Å². The Kier molecular flexibility index (Phi) is 5.93. The molecule has 1 atom stereocenters. The summed E-state index contributed by atoms with van der Waals surface area (Å²) in [5.41, 5.74) is 5.81. The van der Waals surface area contributed by atoms with Crippen molar-refractivity contribution < 1.29 is 14.2 Å². The number of alkyl halides is 1. The Hall–Kier alpha value is -0.520. The molecule has 1 aromatic rings. The lowest BCUT2D eigenvalue weighted by Crippen LogP contribution is -2.12. The Morgan fingerprint density at radius 1 is 1.60 bits per heavy atom. The monoisotopic (exact) mass is 299 g/mol. The molecule has 0 heterocycles. The lowest BCUT2D eigenvalue weighted by Gasteiger charge is -2.13. The van der Waals surface area contributed by atoms with Crippen LogP contribution < -0.4 is 10.5 Å². The lowest BCUT2D eigenvalue weighted by atomic mass is 10.1. The molecular formula is C9H12BrClFNO2. The predicted molar refractivity (Wildman–Crippen MR) is 62.5 cm³/mol. The molecule has 0 bridgehead atoms. The first-order valence-electron chi connectivity index (χ1n) is 3.98. The fourth-order valence-corrected chi connectivity index (χ4v) is 1.57. The van der Waals surface area contributed by atoms with Crippen LogP contribution in [0.2, 0.25) is 0 Å². The third kappa shape index (κ3) is 3.22. The van der Waals surface area contributed by atoms with Gasteiger partial charge in [-0.3, -0.25) is 0 Å². The van der Waals surface area contributed by atoms with Gasteiger partial charge in [0.1, 0.15) is 6.67 Å². The SMILES string of the molecule is COc1cc(Br)cc([C@H](N)CF)c1O.Cl. The number of aromatic hydroxyl groups is 1. The standard InChI is InChI=1S/C9H11BrFNO2.ClH/c1-14-8-3-5(10)2-6(9(8)13)7(12)4-11;/h2-3,7,13H,4,12H2,1H3;1H/t7-;/m1./s1. The van der Waals surface area contributed by atoms with Gasteiger partial charge in [0.25, 0.3) is 0 Å². The molecule has 0 aromatic heterocycles. The van der Waals surface area contributed by atoms with E-state index in [1.165, 1.54) is 7.11 Å². The molecule has 0 radical (unpaired) electrons. The maximum absolute atomic E-state index is 12.3. The molecule has 0 unspecified atom stereocenters. The van der Waals surface area contributed by atoms with E-state index in [-0.39, 0.29) is 23.9 Å². The normalized spacial score (nSPS) is 11.7. The summed E-state index contributed by atoms with van der Waals surface area (Å²) in [7, 11) is 1.42. The number of benzene rings is 1. The summed E-state index contributed by atoms with van der Waals surface area (Å²) >= 11 is 3.22. The van der Waals surface area contributed by atoms with Crippen LogP contribution in [0.5, 0.6) is 11.5 Å². The molecule has 0 saturated heterocycles. The van der Waals surface area contributed by atoms with Crippen LogP contribution in [-0.4, -0.2) is 18.9 Å². The summed E-state index contributed by atoms with van der Waals surface area (Å²) in [6.07, 6.45) is 0. The minimum absolute atomic E-state index is 0. The van der Waals surface area contributed by atoms with Crippen molar-refractivity contribution in [2.45, 2.75) is 6.04 Å². The molecule has 0 spiro atoms. The average molecular weight is 301 g/mol. The van der Waals surface area contributed by atoms with Crippen molar-refractivity contribution in [2.75, 3.05) is 13.8 Å². The maximum Gasteiger partial charge on any atom is 0.162 e. The zero-order valence-electron chi connectivity index (χ0n) is 8.04. The van der Waals surface area contributed by atoms with Crippen molar-refractivity contribution >= 4 is 28.3 Å². The van der Waals surface area contributed by atoms with Gasteiger partial charge in [0, 0.05) is 10.0 Å². The molecule has 0 aliphatic heterocycles. The molecule has 86 valence electrons. The molecular weight excluding hydrogens is 288 g/mol. The molecule has 3 N–H and O–H groups in total. The van der Waals surface area contributed by atoms with Gasteiger partial charge in [0.05, 0.1) is 13.2 Å². The molecule has 1 aromatic carbocycles. The highest BCUT2D eigenvalue weighted by Crippen LogP contribution is 2.36. The van der Waals surface area contributed by atoms with Crippen molar-refractivity contribution in [3.05, 3.63) is 22.2 Å². The molecule has 0 aliphatic rings. The van der Waals surface area contributed by atoms with Crippen molar-refractivity contribution in [3.8, 4) is 11.5 Å². The highest BCUT2D eigenvalue weighted by molar-refractivity contribution is 9.10. The summed E-state index contributed by atoms with van der Waals surface area (Å²) in [4.78, 5) is 0. The van der Waals surface area contributed by atoms with Gasteiger partial charge >= 0.3 is 0 Å². The van der Waals surface area contributed by atoms with E-state index < -0.39 is 12.7 Å². The van der Waals surface area contributed by atoms with Crippen LogP contribution in [0.25, 0.3) is 0 Å². The van der Waals surface area contributed by atoms with Gasteiger partial charge in [-0.25, -0.2) is 4.39 Å². The summed E-state index contributed by atoms with van der Waals surface area (Å²) in [6.45, 7) is -0.729. The number of ether oxygens (including phenoxy) is 1. The van der Waals surface area contributed by atoms with Gasteiger partial charge in [-0.1, -0.05) is 15.9 Å².